The van der Waals surface area contributed by atoms with Crippen LogP contribution in [0.2, 0.25) is 0 Å². The summed E-state index contributed by atoms with van der Waals surface area (Å²) in [6.45, 7) is 0.268. The Bertz CT molecular complexity index is 235. The van der Waals surface area contributed by atoms with E-state index in [1.54, 1.807) is 0 Å². The summed E-state index contributed by atoms with van der Waals surface area (Å²) >= 11 is 0. The zero-order chi connectivity index (χ0) is 8.10. The first-order chi connectivity index (χ1) is 5.36. The number of methoxy groups -OCH3 is 1. The Morgan fingerprint density at radius 1 is 1.82 bits per heavy atom. The molecule has 1 rings (SSSR count). The van der Waals surface area contributed by atoms with Gasteiger partial charge in [-0.25, -0.2) is 0 Å². The standard InChI is InChI=1S/C5H7N3O3/c1-10-2-4-7-5(6-3-9)11-8-4/h3H,2H2,1H3,(H,6,7,8,9). The minimum Gasteiger partial charge on any atom is -0.377 e. The fraction of sp³-hybridized carbons (Fsp3) is 0.400. The molecule has 0 saturated heterocycles. The normalized spacial score (nSPS) is 9.55. The van der Waals surface area contributed by atoms with Gasteiger partial charge in [-0.15, -0.1) is 0 Å². The van der Waals surface area contributed by atoms with Gasteiger partial charge in [0.2, 0.25) is 6.41 Å². The van der Waals surface area contributed by atoms with E-state index in [1.807, 2.05) is 0 Å². The van der Waals surface area contributed by atoms with Crippen LogP contribution < -0.4 is 5.32 Å². The van der Waals surface area contributed by atoms with Crippen LogP contribution in [-0.4, -0.2) is 23.7 Å². The van der Waals surface area contributed by atoms with Crippen LogP contribution in [0.4, 0.5) is 6.01 Å². The van der Waals surface area contributed by atoms with Crippen LogP contribution >= 0.6 is 0 Å². The molecule has 0 unspecified atom stereocenters. The number of ether oxygens (including phenoxy) is 1. The van der Waals surface area contributed by atoms with Gasteiger partial charge in [0.15, 0.2) is 5.82 Å². The Kier molecular flexibility index (Phi) is 2.56. The predicted octanol–water partition coefficient (Wildman–Crippen LogP) is -0.216. The number of carbonyl (C=O) groups is 1. The average Bonchev–Trinajstić information content (AvgIpc) is 2.38. The summed E-state index contributed by atoms with van der Waals surface area (Å²) < 4.78 is 9.29. The second kappa shape index (κ2) is 3.67. The highest BCUT2D eigenvalue weighted by Gasteiger charge is 2.02. The maximum absolute atomic E-state index is 9.87. The van der Waals surface area contributed by atoms with E-state index in [4.69, 9.17) is 4.74 Å². The molecule has 1 heterocycles. The number of nitrogens with one attached hydrogen (secondary N) is 1. The lowest BCUT2D eigenvalue weighted by atomic mass is 10.7. The molecule has 0 aliphatic carbocycles. The van der Waals surface area contributed by atoms with Gasteiger partial charge in [0.05, 0.1) is 0 Å². The summed E-state index contributed by atoms with van der Waals surface area (Å²) in [5.41, 5.74) is 0. The number of hydrogen-bond acceptors (Lipinski definition) is 5. The number of rotatable bonds is 4. The smallest absolute Gasteiger partial charge is 0.327 e. The maximum Gasteiger partial charge on any atom is 0.327 e. The van der Waals surface area contributed by atoms with E-state index in [0.29, 0.717) is 12.2 Å². The molecular formula is C5H7N3O3. The number of amides is 1. The van der Waals surface area contributed by atoms with E-state index in [2.05, 4.69) is 20.0 Å². The molecule has 0 aromatic carbocycles. The van der Waals surface area contributed by atoms with Gasteiger partial charge in [-0.2, -0.15) is 4.98 Å². The van der Waals surface area contributed by atoms with Crippen LogP contribution in [0.25, 0.3) is 0 Å². The molecule has 1 aromatic rings. The summed E-state index contributed by atoms with van der Waals surface area (Å²) in [6, 6.07) is 0.0760. The monoisotopic (exact) mass is 157 g/mol. The van der Waals surface area contributed by atoms with Crippen LogP contribution in [0.1, 0.15) is 5.82 Å². The fourth-order valence-corrected chi connectivity index (χ4v) is 0.551. The molecule has 11 heavy (non-hydrogen) atoms. The van der Waals surface area contributed by atoms with Gasteiger partial charge >= 0.3 is 6.01 Å². The largest absolute Gasteiger partial charge is 0.377 e. The average molecular weight is 157 g/mol. The van der Waals surface area contributed by atoms with Crippen molar-refractivity contribution in [3.05, 3.63) is 5.82 Å². The second-order valence-corrected chi connectivity index (χ2v) is 1.71. The van der Waals surface area contributed by atoms with Gasteiger partial charge in [0.25, 0.3) is 0 Å². The first-order valence-corrected chi connectivity index (χ1v) is 2.88. The molecule has 6 nitrogen and oxygen atoms in total. The Balaban J connectivity index is 2.57. The summed E-state index contributed by atoms with van der Waals surface area (Å²) in [5.74, 6) is 0.400. The van der Waals surface area contributed by atoms with Gasteiger partial charge < -0.3 is 9.26 Å². The third-order valence-electron chi connectivity index (χ3n) is 0.924. The second-order valence-electron chi connectivity index (χ2n) is 1.71. The third kappa shape index (κ3) is 2.01. The van der Waals surface area contributed by atoms with E-state index in [0.717, 1.165) is 0 Å². The van der Waals surface area contributed by atoms with Crippen LogP contribution in [0.5, 0.6) is 0 Å². The van der Waals surface area contributed by atoms with Gasteiger partial charge in [-0.1, -0.05) is 5.16 Å². The molecule has 0 radical (unpaired) electrons. The zero-order valence-electron chi connectivity index (χ0n) is 5.90. The van der Waals surface area contributed by atoms with E-state index >= 15 is 0 Å². The summed E-state index contributed by atoms with van der Waals surface area (Å²) in [7, 11) is 1.52. The van der Waals surface area contributed by atoms with E-state index < -0.39 is 0 Å². The number of hydrogen-bond donors (Lipinski definition) is 1. The molecule has 1 amide bonds. The molecule has 1 aromatic heterocycles. The summed E-state index contributed by atoms with van der Waals surface area (Å²) in [5, 5.41) is 5.70. The Labute approximate surface area is 62.5 Å². The highest BCUT2D eigenvalue weighted by Crippen LogP contribution is 2.01. The quantitative estimate of drug-likeness (QED) is 0.611. The maximum atomic E-state index is 9.87. The third-order valence-corrected chi connectivity index (χ3v) is 0.924. The SMILES string of the molecule is COCc1noc(NC=O)n1. The first-order valence-electron chi connectivity index (χ1n) is 2.88. The first kappa shape index (κ1) is 7.67. The fourth-order valence-electron chi connectivity index (χ4n) is 0.551. The van der Waals surface area contributed by atoms with Gasteiger partial charge in [-0.3, -0.25) is 10.1 Å². The van der Waals surface area contributed by atoms with Gasteiger partial charge in [-0.05, 0) is 0 Å². The number of nitrogens with zero attached hydrogens (tertiary/aromatic N) is 2. The molecule has 0 saturated carbocycles. The highest BCUT2D eigenvalue weighted by atomic mass is 16.5. The van der Waals surface area contributed by atoms with E-state index in [9.17, 15) is 4.79 Å². The van der Waals surface area contributed by atoms with Crippen molar-refractivity contribution in [3.8, 4) is 0 Å². The van der Waals surface area contributed by atoms with Crippen molar-refractivity contribution in [1.29, 1.82) is 0 Å². The van der Waals surface area contributed by atoms with Crippen molar-refractivity contribution in [2.45, 2.75) is 6.61 Å². The van der Waals surface area contributed by atoms with Crippen LogP contribution in [0.3, 0.4) is 0 Å². The molecule has 1 N–H and O–H groups in total. The minimum absolute atomic E-state index is 0.0760. The summed E-state index contributed by atoms with van der Waals surface area (Å²) in [4.78, 5) is 13.6. The minimum atomic E-state index is 0.0760. The molecule has 0 spiro atoms. The van der Waals surface area contributed by atoms with Crippen molar-refractivity contribution >= 4 is 12.4 Å². The van der Waals surface area contributed by atoms with Crippen molar-refractivity contribution in [2.75, 3.05) is 12.4 Å². The lowest BCUT2D eigenvalue weighted by Crippen LogP contribution is -1.94. The summed E-state index contributed by atoms with van der Waals surface area (Å²) in [6.07, 6.45) is 0.462. The number of anilines is 1. The topological polar surface area (TPSA) is 77.3 Å². The zero-order valence-corrected chi connectivity index (χ0v) is 5.90. The molecule has 0 bridgehead atoms. The van der Waals surface area contributed by atoms with Gasteiger partial charge in [0, 0.05) is 7.11 Å². The lowest BCUT2D eigenvalue weighted by Gasteiger charge is -1.86. The number of carbonyl (C=O) groups excluding carboxylic acids is 1. The molecule has 0 fully saturated rings. The van der Waals surface area contributed by atoms with Crippen molar-refractivity contribution in [3.63, 3.8) is 0 Å². The van der Waals surface area contributed by atoms with E-state index in [1.165, 1.54) is 7.11 Å². The van der Waals surface area contributed by atoms with Gasteiger partial charge in [0.1, 0.15) is 6.61 Å². The van der Waals surface area contributed by atoms with Crippen LogP contribution in [0, 0.1) is 0 Å². The predicted molar refractivity (Wildman–Crippen MR) is 34.7 cm³/mol. The molecule has 0 aliphatic heterocycles. The Hall–Kier alpha value is -1.43. The molecule has 60 valence electrons. The lowest BCUT2D eigenvalue weighted by molar-refractivity contribution is -0.105. The number of aromatic nitrogens is 2. The Morgan fingerprint density at radius 2 is 2.64 bits per heavy atom. The van der Waals surface area contributed by atoms with Crippen LogP contribution in [-0.2, 0) is 16.1 Å². The molecule has 6 heteroatoms. The molecule has 0 atom stereocenters. The highest BCUT2D eigenvalue weighted by molar-refractivity contribution is 5.65. The van der Waals surface area contributed by atoms with Crippen molar-refractivity contribution in [1.82, 2.24) is 10.1 Å². The van der Waals surface area contributed by atoms with Crippen LogP contribution in [0.15, 0.2) is 4.52 Å². The Morgan fingerprint density at radius 3 is 3.27 bits per heavy atom. The van der Waals surface area contributed by atoms with E-state index in [-0.39, 0.29) is 12.6 Å². The van der Waals surface area contributed by atoms with Crippen molar-refractivity contribution < 1.29 is 14.1 Å². The molecule has 0 aliphatic rings. The molecular weight excluding hydrogens is 150 g/mol. The van der Waals surface area contributed by atoms with Crippen molar-refractivity contribution in [2.24, 2.45) is 0 Å².